The van der Waals surface area contributed by atoms with Crippen molar-refractivity contribution in [2.24, 2.45) is 0 Å². The van der Waals surface area contributed by atoms with Crippen molar-refractivity contribution in [2.45, 2.75) is 51.4 Å². The smallest absolute Gasteiger partial charge is 0.225 e. The van der Waals surface area contributed by atoms with Crippen molar-refractivity contribution < 1.29 is 0 Å². The van der Waals surface area contributed by atoms with E-state index in [-0.39, 0.29) is 0 Å². The number of hydrogen-bond acceptors (Lipinski definition) is 4. The van der Waals surface area contributed by atoms with Gasteiger partial charge in [-0.3, -0.25) is 0 Å². The molecule has 0 spiro atoms. The van der Waals surface area contributed by atoms with Gasteiger partial charge in [0, 0.05) is 24.0 Å². The third-order valence-electron chi connectivity index (χ3n) is 5.95. The van der Waals surface area contributed by atoms with Crippen molar-refractivity contribution in [3.05, 3.63) is 40.0 Å². The topological polar surface area (TPSA) is 29.0 Å². The first-order valence-corrected chi connectivity index (χ1v) is 11.4. The highest BCUT2D eigenvalue weighted by molar-refractivity contribution is 7.17. The van der Waals surface area contributed by atoms with Gasteiger partial charge in [0.15, 0.2) is 0 Å². The second-order valence-corrected chi connectivity index (χ2v) is 8.93. The summed E-state index contributed by atoms with van der Waals surface area (Å²) in [5, 5.41) is 3.78. The number of rotatable bonds is 2. The molecule has 0 saturated carbocycles. The molecular formula is C22H24ClN3S. The Balaban J connectivity index is 1.65. The molecule has 27 heavy (non-hydrogen) atoms. The summed E-state index contributed by atoms with van der Waals surface area (Å²) < 4.78 is 0. The van der Waals surface area contributed by atoms with Crippen LogP contribution in [-0.2, 0) is 12.8 Å². The Kier molecular flexibility index (Phi) is 4.78. The van der Waals surface area contributed by atoms with Gasteiger partial charge in [-0.05, 0) is 66.8 Å². The van der Waals surface area contributed by atoms with Gasteiger partial charge in [-0.1, -0.05) is 31.0 Å². The van der Waals surface area contributed by atoms with E-state index < -0.39 is 0 Å². The molecule has 0 bridgehead atoms. The number of halogens is 1. The number of aromatic nitrogens is 2. The SMILES string of the molecule is Clc1nc(N2CCCCCC2)c2c(-c3ccc4c(c3)CCCC4)csc2n1. The minimum absolute atomic E-state index is 0.362. The van der Waals surface area contributed by atoms with Crippen LogP contribution < -0.4 is 4.90 Å². The van der Waals surface area contributed by atoms with Crippen LogP contribution >= 0.6 is 22.9 Å². The first-order valence-electron chi connectivity index (χ1n) is 10.1. The molecule has 0 radical (unpaired) electrons. The standard InChI is InChI=1S/C22H24ClN3S/c23-22-24-20(26-11-5-1-2-6-12-26)19-18(14-27-21(19)25-22)17-10-9-15-7-3-4-8-16(15)13-17/h9-10,13-14H,1-8,11-12H2. The van der Waals surface area contributed by atoms with E-state index in [1.807, 2.05) is 0 Å². The maximum atomic E-state index is 6.29. The zero-order valence-corrected chi connectivity index (χ0v) is 17.1. The zero-order valence-electron chi connectivity index (χ0n) is 15.5. The van der Waals surface area contributed by atoms with Crippen molar-refractivity contribution in [1.82, 2.24) is 9.97 Å². The predicted molar refractivity (Wildman–Crippen MR) is 115 cm³/mol. The predicted octanol–water partition coefficient (Wildman–Crippen LogP) is 6.27. The maximum Gasteiger partial charge on any atom is 0.225 e. The molecule has 1 aromatic carbocycles. The van der Waals surface area contributed by atoms with Crippen LogP contribution in [0.3, 0.4) is 0 Å². The van der Waals surface area contributed by atoms with Gasteiger partial charge >= 0.3 is 0 Å². The normalized spacial score (nSPS) is 17.7. The number of aryl methyl sites for hydroxylation is 2. The summed E-state index contributed by atoms with van der Waals surface area (Å²) in [7, 11) is 0. The molecule has 1 fully saturated rings. The van der Waals surface area contributed by atoms with Gasteiger partial charge in [0.25, 0.3) is 0 Å². The van der Waals surface area contributed by atoms with Crippen molar-refractivity contribution in [3.63, 3.8) is 0 Å². The van der Waals surface area contributed by atoms with Gasteiger partial charge < -0.3 is 4.90 Å². The monoisotopic (exact) mass is 397 g/mol. The van der Waals surface area contributed by atoms with Gasteiger partial charge in [0.05, 0.1) is 5.39 Å². The number of fused-ring (bicyclic) bond motifs is 2. The average Bonchev–Trinajstić information content (AvgIpc) is 2.93. The van der Waals surface area contributed by atoms with Crippen LogP contribution in [0.2, 0.25) is 5.28 Å². The molecule has 1 saturated heterocycles. The summed E-state index contributed by atoms with van der Waals surface area (Å²) >= 11 is 7.97. The van der Waals surface area contributed by atoms with Gasteiger partial charge in [-0.2, -0.15) is 4.98 Å². The molecule has 2 aromatic heterocycles. The van der Waals surface area contributed by atoms with Gasteiger partial charge in [0.1, 0.15) is 10.6 Å². The lowest BCUT2D eigenvalue weighted by Crippen LogP contribution is -2.25. The fourth-order valence-corrected chi connectivity index (χ4v) is 5.68. The Labute approximate surface area is 169 Å². The van der Waals surface area contributed by atoms with Crippen LogP contribution in [-0.4, -0.2) is 23.1 Å². The van der Waals surface area contributed by atoms with Crippen LogP contribution in [0.5, 0.6) is 0 Å². The summed E-state index contributed by atoms with van der Waals surface area (Å²) in [4.78, 5) is 12.7. The van der Waals surface area contributed by atoms with E-state index in [0.29, 0.717) is 5.28 Å². The molecule has 140 valence electrons. The summed E-state index contributed by atoms with van der Waals surface area (Å²) in [6, 6.07) is 7.01. The molecule has 2 aliphatic rings. The highest BCUT2D eigenvalue weighted by Crippen LogP contribution is 2.40. The van der Waals surface area contributed by atoms with E-state index in [4.69, 9.17) is 16.6 Å². The molecule has 0 atom stereocenters. The molecule has 0 amide bonds. The van der Waals surface area contributed by atoms with Crippen LogP contribution in [0.15, 0.2) is 23.6 Å². The van der Waals surface area contributed by atoms with Crippen LogP contribution in [0, 0.1) is 0 Å². The Hall–Kier alpha value is -1.65. The van der Waals surface area contributed by atoms with Crippen molar-refractivity contribution in [2.75, 3.05) is 18.0 Å². The fraction of sp³-hybridized carbons (Fsp3) is 0.455. The molecule has 3 heterocycles. The Morgan fingerprint density at radius 1 is 0.889 bits per heavy atom. The number of nitrogens with zero attached hydrogens (tertiary/aromatic N) is 3. The maximum absolute atomic E-state index is 6.29. The lowest BCUT2D eigenvalue weighted by atomic mass is 9.89. The zero-order chi connectivity index (χ0) is 18.2. The van der Waals surface area contributed by atoms with Crippen LogP contribution in [0.25, 0.3) is 21.3 Å². The molecular weight excluding hydrogens is 374 g/mol. The van der Waals surface area contributed by atoms with Gasteiger partial charge in [-0.25, -0.2) is 4.98 Å². The molecule has 3 nitrogen and oxygen atoms in total. The average molecular weight is 398 g/mol. The Morgan fingerprint density at radius 2 is 1.67 bits per heavy atom. The number of anilines is 1. The summed E-state index contributed by atoms with van der Waals surface area (Å²) in [5.74, 6) is 1.03. The highest BCUT2D eigenvalue weighted by atomic mass is 35.5. The molecule has 5 rings (SSSR count). The van der Waals surface area contributed by atoms with E-state index in [9.17, 15) is 0 Å². The van der Waals surface area contributed by atoms with E-state index in [0.717, 1.165) is 23.7 Å². The van der Waals surface area contributed by atoms with Crippen LogP contribution in [0.4, 0.5) is 5.82 Å². The fourth-order valence-electron chi connectivity index (χ4n) is 4.52. The minimum Gasteiger partial charge on any atom is -0.356 e. The molecule has 1 aliphatic heterocycles. The van der Waals surface area contributed by atoms with Gasteiger partial charge in [-0.15, -0.1) is 11.3 Å². The largest absolute Gasteiger partial charge is 0.356 e. The summed E-state index contributed by atoms with van der Waals surface area (Å²) in [6.07, 6.45) is 10.1. The second-order valence-electron chi connectivity index (χ2n) is 7.74. The van der Waals surface area contributed by atoms with Gasteiger partial charge in [0.2, 0.25) is 5.28 Å². The van der Waals surface area contributed by atoms with E-state index >= 15 is 0 Å². The number of thiophene rings is 1. The molecule has 5 heteroatoms. The lowest BCUT2D eigenvalue weighted by molar-refractivity contribution is 0.686. The van der Waals surface area contributed by atoms with E-state index in [1.54, 1.807) is 11.3 Å². The Morgan fingerprint density at radius 3 is 2.48 bits per heavy atom. The lowest BCUT2D eigenvalue weighted by Gasteiger charge is -2.23. The van der Waals surface area contributed by atoms with Crippen LogP contribution in [0.1, 0.15) is 49.7 Å². The third kappa shape index (κ3) is 3.34. The second kappa shape index (κ2) is 7.40. The molecule has 3 aromatic rings. The van der Waals surface area contributed by atoms with Crippen molar-refractivity contribution >= 4 is 39.0 Å². The first-order chi connectivity index (χ1) is 13.3. The summed E-state index contributed by atoms with van der Waals surface area (Å²) in [5.41, 5.74) is 5.60. The quantitative estimate of drug-likeness (QED) is 0.477. The summed E-state index contributed by atoms with van der Waals surface area (Å²) in [6.45, 7) is 2.11. The molecule has 0 N–H and O–H groups in total. The Bertz CT molecular complexity index is 973. The highest BCUT2D eigenvalue weighted by Gasteiger charge is 2.21. The number of benzene rings is 1. The molecule has 0 unspecified atom stereocenters. The number of hydrogen-bond donors (Lipinski definition) is 0. The minimum atomic E-state index is 0.362. The van der Waals surface area contributed by atoms with Crippen molar-refractivity contribution in [1.29, 1.82) is 0 Å². The van der Waals surface area contributed by atoms with Crippen molar-refractivity contribution in [3.8, 4) is 11.1 Å². The first kappa shape index (κ1) is 17.4. The van der Waals surface area contributed by atoms with E-state index in [2.05, 4.69) is 33.5 Å². The molecule has 1 aliphatic carbocycles. The van der Waals surface area contributed by atoms with E-state index in [1.165, 1.54) is 79.0 Å². The third-order valence-corrected chi connectivity index (χ3v) is 6.99.